The van der Waals surface area contributed by atoms with Crippen LogP contribution < -0.4 is 10.2 Å². The molecule has 2 aromatic rings. The van der Waals surface area contributed by atoms with E-state index in [1.807, 2.05) is 58.0 Å². The van der Waals surface area contributed by atoms with Gasteiger partial charge in [-0.25, -0.2) is 0 Å². The molecule has 0 saturated heterocycles. The van der Waals surface area contributed by atoms with Gasteiger partial charge in [0.1, 0.15) is 17.4 Å². The summed E-state index contributed by atoms with van der Waals surface area (Å²) in [6, 6.07) is 9.60. The number of nitriles is 1. The zero-order chi connectivity index (χ0) is 19.4. The van der Waals surface area contributed by atoms with Gasteiger partial charge in [-0.1, -0.05) is 0 Å². The molecule has 1 heterocycles. The van der Waals surface area contributed by atoms with Crippen LogP contribution in [0.4, 0.5) is 0 Å². The molecule has 0 aliphatic rings. The Morgan fingerprint density at radius 2 is 1.77 bits per heavy atom. The summed E-state index contributed by atoms with van der Waals surface area (Å²) < 4.78 is 9.36. The number of hydrogen-bond acceptors (Lipinski definition) is 3. The lowest BCUT2D eigenvalue weighted by Crippen LogP contribution is -2.25. The molecule has 0 unspecified atom stereocenters. The van der Waals surface area contributed by atoms with Crippen LogP contribution in [0.15, 0.2) is 29.8 Å². The lowest BCUT2D eigenvalue weighted by Gasteiger charge is -2.14. The van der Waals surface area contributed by atoms with Gasteiger partial charge >= 0.3 is 0 Å². The summed E-state index contributed by atoms with van der Waals surface area (Å²) >= 11 is 4.40. The number of amides is 1. The van der Waals surface area contributed by atoms with Gasteiger partial charge < -0.3 is 4.74 Å². The molecule has 0 spiro atoms. The van der Waals surface area contributed by atoms with Gasteiger partial charge in [-0.2, -0.15) is 5.26 Å². The van der Waals surface area contributed by atoms with E-state index in [0.29, 0.717) is 0 Å². The Morgan fingerprint density at radius 3 is 2.23 bits per heavy atom. The first-order chi connectivity index (χ1) is 12.2. The van der Waals surface area contributed by atoms with Gasteiger partial charge in [-0.3, -0.25) is 14.9 Å². The number of hydrogen-bond donors (Lipinski definition) is 1. The van der Waals surface area contributed by atoms with Crippen LogP contribution >= 0.6 is 45.2 Å². The Morgan fingerprint density at radius 1 is 1.23 bits per heavy atom. The largest absolute Gasteiger partial charge is 0.489 e. The number of halogens is 2. The fourth-order valence-corrected chi connectivity index (χ4v) is 4.40. The Kier molecular flexibility index (Phi) is 7.11. The first-order valence-electron chi connectivity index (χ1n) is 7.96. The zero-order valence-electron chi connectivity index (χ0n) is 14.9. The first kappa shape index (κ1) is 20.8. The molecule has 5 nitrogen and oxygen atoms in total. The SMILES string of the molecule is Cc1ccc(C)n1NC(=O)/C(C#N)=C\c1cc(I)c(OC(C)C)c(I)c1. The molecule has 0 radical (unpaired) electrons. The second-order valence-corrected chi connectivity index (χ2v) is 8.37. The standard InChI is InChI=1S/C19H19I2N3O2/c1-11(2)26-18-16(20)8-14(9-17(18)21)7-15(10-22)19(25)23-24-12(3)5-6-13(24)4/h5-9,11H,1-4H3,(H,23,25)/b15-7-. The van der Waals surface area contributed by atoms with Gasteiger partial charge in [0.05, 0.1) is 13.2 Å². The van der Waals surface area contributed by atoms with Gasteiger partial charge in [0, 0.05) is 11.4 Å². The van der Waals surface area contributed by atoms with Crippen molar-refractivity contribution in [1.82, 2.24) is 4.68 Å². The maximum atomic E-state index is 12.5. The molecule has 2 rings (SSSR count). The average Bonchev–Trinajstić information content (AvgIpc) is 2.87. The van der Waals surface area contributed by atoms with Crippen molar-refractivity contribution in [2.45, 2.75) is 33.8 Å². The van der Waals surface area contributed by atoms with Crippen molar-refractivity contribution >= 4 is 57.2 Å². The molecule has 26 heavy (non-hydrogen) atoms. The van der Waals surface area contributed by atoms with E-state index in [2.05, 4.69) is 50.6 Å². The second-order valence-electron chi connectivity index (χ2n) is 6.04. The van der Waals surface area contributed by atoms with Crippen LogP contribution in [0.25, 0.3) is 6.08 Å². The van der Waals surface area contributed by atoms with Crippen LogP contribution in [0.5, 0.6) is 5.75 Å². The number of nitrogens with zero attached hydrogens (tertiary/aromatic N) is 2. The van der Waals surface area contributed by atoms with E-state index in [9.17, 15) is 10.1 Å². The summed E-state index contributed by atoms with van der Waals surface area (Å²) in [6.45, 7) is 7.73. The minimum absolute atomic E-state index is 0.0432. The van der Waals surface area contributed by atoms with E-state index in [-0.39, 0.29) is 11.7 Å². The van der Waals surface area contributed by atoms with Gasteiger partial charge in [-0.05, 0) is 109 Å². The predicted octanol–water partition coefficient (Wildman–Crippen LogP) is 4.78. The van der Waals surface area contributed by atoms with E-state index in [0.717, 1.165) is 29.8 Å². The third kappa shape index (κ3) is 5.01. The molecule has 0 saturated carbocycles. The second kappa shape index (κ2) is 8.90. The number of nitrogens with one attached hydrogen (secondary N) is 1. The van der Waals surface area contributed by atoms with E-state index in [1.165, 1.54) is 0 Å². The summed E-state index contributed by atoms with van der Waals surface area (Å²) in [7, 11) is 0. The number of carbonyl (C=O) groups excluding carboxylic acids is 1. The fourth-order valence-electron chi connectivity index (χ4n) is 2.33. The van der Waals surface area contributed by atoms with Crippen LogP contribution in [0.1, 0.15) is 30.8 Å². The monoisotopic (exact) mass is 575 g/mol. The van der Waals surface area contributed by atoms with Crippen molar-refractivity contribution in [2.24, 2.45) is 0 Å². The topological polar surface area (TPSA) is 67.0 Å². The third-order valence-corrected chi connectivity index (χ3v) is 5.14. The molecule has 1 aromatic carbocycles. The van der Waals surface area contributed by atoms with Crippen molar-refractivity contribution in [1.29, 1.82) is 5.26 Å². The Balaban J connectivity index is 2.31. The van der Waals surface area contributed by atoms with Crippen LogP contribution in [-0.2, 0) is 4.79 Å². The number of benzene rings is 1. The summed E-state index contributed by atoms with van der Waals surface area (Å²) in [5.41, 5.74) is 5.37. The Hall–Kier alpha value is -1.54. The third-order valence-electron chi connectivity index (χ3n) is 3.53. The summed E-state index contributed by atoms with van der Waals surface area (Å²) in [4.78, 5) is 12.5. The van der Waals surface area contributed by atoms with Crippen molar-refractivity contribution in [3.8, 4) is 11.8 Å². The molecule has 136 valence electrons. The number of aromatic nitrogens is 1. The maximum Gasteiger partial charge on any atom is 0.280 e. The molecule has 1 aromatic heterocycles. The van der Waals surface area contributed by atoms with Crippen molar-refractivity contribution in [2.75, 3.05) is 5.43 Å². The highest BCUT2D eigenvalue weighted by molar-refractivity contribution is 14.1. The highest BCUT2D eigenvalue weighted by Crippen LogP contribution is 2.30. The molecule has 0 bridgehead atoms. The molecule has 0 aliphatic heterocycles. The van der Waals surface area contributed by atoms with Crippen molar-refractivity contribution < 1.29 is 9.53 Å². The fraction of sp³-hybridized carbons (Fsp3) is 0.263. The van der Waals surface area contributed by atoms with Gasteiger partial charge in [0.25, 0.3) is 5.91 Å². The summed E-state index contributed by atoms with van der Waals surface area (Å²) in [5.74, 6) is 0.377. The molecule has 1 amide bonds. The average molecular weight is 575 g/mol. The Labute approximate surface area is 180 Å². The zero-order valence-corrected chi connectivity index (χ0v) is 19.2. The maximum absolute atomic E-state index is 12.5. The first-order valence-corrected chi connectivity index (χ1v) is 10.1. The van der Waals surface area contributed by atoms with E-state index in [4.69, 9.17) is 4.74 Å². The highest BCUT2D eigenvalue weighted by atomic mass is 127. The molecule has 1 N–H and O–H groups in total. The minimum Gasteiger partial charge on any atom is -0.489 e. The van der Waals surface area contributed by atoms with Crippen LogP contribution in [0.2, 0.25) is 0 Å². The van der Waals surface area contributed by atoms with Gasteiger partial charge in [-0.15, -0.1) is 0 Å². The molecule has 0 aliphatic carbocycles. The predicted molar refractivity (Wildman–Crippen MR) is 120 cm³/mol. The van der Waals surface area contributed by atoms with E-state index < -0.39 is 5.91 Å². The van der Waals surface area contributed by atoms with Crippen molar-refractivity contribution in [3.63, 3.8) is 0 Å². The lowest BCUT2D eigenvalue weighted by molar-refractivity contribution is -0.113. The van der Waals surface area contributed by atoms with Crippen molar-refractivity contribution in [3.05, 3.63) is 53.9 Å². The normalized spacial score (nSPS) is 11.4. The molecule has 0 fully saturated rings. The number of aryl methyl sites for hydroxylation is 2. The van der Waals surface area contributed by atoms with Gasteiger partial charge in [0.2, 0.25) is 0 Å². The smallest absolute Gasteiger partial charge is 0.280 e. The van der Waals surface area contributed by atoms with Crippen LogP contribution in [-0.4, -0.2) is 16.7 Å². The molecule has 7 heteroatoms. The summed E-state index contributed by atoms with van der Waals surface area (Å²) in [5, 5.41) is 9.42. The van der Waals surface area contributed by atoms with Crippen LogP contribution in [0.3, 0.4) is 0 Å². The van der Waals surface area contributed by atoms with E-state index in [1.54, 1.807) is 10.8 Å². The number of ether oxygens (including phenoxy) is 1. The number of carbonyl (C=O) groups is 1. The molecular weight excluding hydrogens is 556 g/mol. The van der Waals surface area contributed by atoms with Crippen LogP contribution in [0, 0.1) is 32.3 Å². The minimum atomic E-state index is -0.442. The Bertz CT molecular complexity index is 865. The molecule has 0 atom stereocenters. The highest BCUT2D eigenvalue weighted by Gasteiger charge is 2.14. The summed E-state index contributed by atoms with van der Waals surface area (Å²) in [6.07, 6.45) is 1.67. The quantitative estimate of drug-likeness (QED) is 0.317. The lowest BCUT2D eigenvalue weighted by atomic mass is 10.1. The molecular formula is C19H19I2N3O2. The van der Waals surface area contributed by atoms with Gasteiger partial charge in [0.15, 0.2) is 0 Å². The van der Waals surface area contributed by atoms with E-state index >= 15 is 0 Å². The number of rotatable bonds is 5.